The Labute approximate surface area is 163 Å². The van der Waals surface area contributed by atoms with Crippen LogP contribution in [0.3, 0.4) is 0 Å². The van der Waals surface area contributed by atoms with Crippen LogP contribution in [-0.2, 0) is 16.0 Å². The largest absolute Gasteiger partial charge is 0.494 e. The zero-order valence-electron chi connectivity index (χ0n) is 15.4. The van der Waals surface area contributed by atoms with Gasteiger partial charge < -0.3 is 20.1 Å². The summed E-state index contributed by atoms with van der Waals surface area (Å²) in [6, 6.07) is 12.2. The highest BCUT2D eigenvalue weighted by Crippen LogP contribution is 2.21. The molecule has 0 aromatic heterocycles. The minimum atomic E-state index is -0.288. The maximum absolute atomic E-state index is 12.2. The fraction of sp³-hybridized carbons (Fsp3) is 0.300. The van der Waals surface area contributed by atoms with E-state index in [2.05, 4.69) is 10.6 Å². The summed E-state index contributed by atoms with van der Waals surface area (Å²) in [7, 11) is 1.56. The molecule has 2 aromatic carbocycles. The Hall–Kier alpha value is -2.57. The number of ether oxygens (including phenoxy) is 2. The van der Waals surface area contributed by atoms with E-state index in [1.165, 1.54) is 0 Å². The molecular formula is C20H23ClN2O4. The quantitative estimate of drug-likeness (QED) is 0.644. The Morgan fingerprint density at radius 1 is 1.11 bits per heavy atom. The zero-order valence-corrected chi connectivity index (χ0v) is 16.1. The van der Waals surface area contributed by atoms with Crippen LogP contribution in [0.2, 0.25) is 5.02 Å². The van der Waals surface area contributed by atoms with E-state index in [4.69, 9.17) is 21.1 Å². The van der Waals surface area contributed by atoms with Crippen molar-refractivity contribution in [3.63, 3.8) is 0 Å². The van der Waals surface area contributed by atoms with Crippen LogP contribution in [0.4, 0.5) is 5.69 Å². The summed E-state index contributed by atoms with van der Waals surface area (Å²) in [5.41, 5.74) is 1.75. The fourth-order valence-corrected chi connectivity index (χ4v) is 2.67. The fourth-order valence-electron chi connectivity index (χ4n) is 2.40. The number of hydrogen-bond acceptors (Lipinski definition) is 4. The van der Waals surface area contributed by atoms with Gasteiger partial charge >= 0.3 is 0 Å². The van der Waals surface area contributed by atoms with Crippen molar-refractivity contribution in [2.24, 2.45) is 0 Å². The molecule has 0 unspecified atom stereocenters. The van der Waals surface area contributed by atoms with Crippen molar-refractivity contribution in [2.45, 2.75) is 13.3 Å². The molecule has 6 nitrogen and oxygen atoms in total. The molecule has 0 heterocycles. The third kappa shape index (κ3) is 6.58. The lowest BCUT2D eigenvalue weighted by Crippen LogP contribution is -2.27. The summed E-state index contributed by atoms with van der Waals surface area (Å²) >= 11 is 6.17. The second-order valence-electron chi connectivity index (χ2n) is 5.75. The molecule has 2 amide bonds. The third-order valence-corrected chi connectivity index (χ3v) is 4.00. The summed E-state index contributed by atoms with van der Waals surface area (Å²) in [6.45, 7) is 3.33. The number of hydrogen-bond donors (Lipinski definition) is 2. The Balaban J connectivity index is 1.93. The smallest absolute Gasteiger partial charge is 0.252 e. The molecule has 7 heteroatoms. The molecule has 27 heavy (non-hydrogen) atoms. The Morgan fingerprint density at radius 2 is 1.85 bits per heavy atom. The van der Waals surface area contributed by atoms with Gasteiger partial charge in [-0.3, -0.25) is 9.59 Å². The topological polar surface area (TPSA) is 76.7 Å². The van der Waals surface area contributed by atoms with Crippen molar-refractivity contribution in [3.8, 4) is 5.75 Å². The molecule has 2 rings (SSSR count). The van der Waals surface area contributed by atoms with Gasteiger partial charge in [-0.25, -0.2) is 0 Å². The number of methoxy groups -OCH3 is 1. The van der Waals surface area contributed by atoms with Crippen LogP contribution < -0.4 is 15.4 Å². The van der Waals surface area contributed by atoms with Crippen LogP contribution in [0, 0.1) is 0 Å². The van der Waals surface area contributed by atoms with Gasteiger partial charge in [0.25, 0.3) is 5.91 Å². The SMILES string of the molecule is CCOc1ccc(CC(=O)Nc2ccc(C(=O)NCCOC)c(Cl)c2)cc1. The first-order chi connectivity index (χ1) is 13.0. The number of amides is 2. The maximum Gasteiger partial charge on any atom is 0.252 e. The first kappa shape index (κ1) is 20.7. The number of rotatable bonds is 9. The van der Waals surface area contributed by atoms with Crippen LogP contribution >= 0.6 is 11.6 Å². The van der Waals surface area contributed by atoms with E-state index < -0.39 is 0 Å². The number of anilines is 1. The van der Waals surface area contributed by atoms with E-state index in [1.54, 1.807) is 25.3 Å². The summed E-state index contributed by atoms with van der Waals surface area (Å²) in [5.74, 6) is 0.310. The monoisotopic (exact) mass is 390 g/mol. The van der Waals surface area contributed by atoms with E-state index in [0.717, 1.165) is 11.3 Å². The minimum absolute atomic E-state index is 0.174. The highest BCUT2D eigenvalue weighted by Gasteiger charge is 2.12. The lowest BCUT2D eigenvalue weighted by atomic mass is 10.1. The molecule has 2 aromatic rings. The van der Waals surface area contributed by atoms with Gasteiger partial charge in [0.1, 0.15) is 5.75 Å². The Bertz CT molecular complexity index is 778. The molecule has 0 atom stereocenters. The standard InChI is InChI=1S/C20H23ClN2O4/c1-3-27-16-7-4-14(5-8-16)12-19(24)23-15-6-9-17(18(21)13-15)20(25)22-10-11-26-2/h4-9,13H,3,10-12H2,1-2H3,(H,22,25)(H,23,24). The van der Waals surface area contributed by atoms with Crippen LogP contribution in [0.15, 0.2) is 42.5 Å². The lowest BCUT2D eigenvalue weighted by molar-refractivity contribution is -0.115. The molecule has 0 aliphatic heterocycles. The highest BCUT2D eigenvalue weighted by atomic mass is 35.5. The number of carbonyl (C=O) groups excluding carboxylic acids is 2. The second kappa shape index (κ2) is 10.5. The lowest BCUT2D eigenvalue weighted by Gasteiger charge is -2.10. The summed E-state index contributed by atoms with van der Waals surface area (Å²) in [4.78, 5) is 24.3. The van der Waals surface area contributed by atoms with E-state index in [1.807, 2.05) is 31.2 Å². The predicted octanol–water partition coefficient (Wildman–Crippen LogP) is 3.30. The number of carbonyl (C=O) groups is 2. The average molecular weight is 391 g/mol. The third-order valence-electron chi connectivity index (χ3n) is 3.69. The maximum atomic E-state index is 12.2. The molecule has 0 aliphatic rings. The summed E-state index contributed by atoms with van der Waals surface area (Å²) in [5, 5.41) is 5.75. The van der Waals surface area contributed by atoms with Crippen molar-refractivity contribution in [2.75, 3.05) is 32.2 Å². The highest BCUT2D eigenvalue weighted by molar-refractivity contribution is 6.34. The van der Waals surface area contributed by atoms with Crippen molar-refractivity contribution in [3.05, 3.63) is 58.6 Å². The molecule has 0 saturated carbocycles. The molecule has 0 bridgehead atoms. The molecule has 0 aliphatic carbocycles. The van der Waals surface area contributed by atoms with Crippen LogP contribution in [-0.4, -0.2) is 38.7 Å². The van der Waals surface area contributed by atoms with Gasteiger partial charge in [0.15, 0.2) is 0 Å². The van der Waals surface area contributed by atoms with Crippen LogP contribution in [0.25, 0.3) is 0 Å². The molecule has 0 radical (unpaired) electrons. The van der Waals surface area contributed by atoms with Gasteiger partial charge in [0.2, 0.25) is 5.91 Å². The van der Waals surface area contributed by atoms with E-state index in [-0.39, 0.29) is 23.3 Å². The number of benzene rings is 2. The van der Waals surface area contributed by atoms with Gasteiger partial charge in [0.05, 0.1) is 30.2 Å². The molecular weight excluding hydrogens is 368 g/mol. The number of nitrogens with one attached hydrogen (secondary N) is 2. The minimum Gasteiger partial charge on any atom is -0.494 e. The van der Waals surface area contributed by atoms with E-state index >= 15 is 0 Å². The van der Waals surface area contributed by atoms with Crippen molar-refractivity contribution < 1.29 is 19.1 Å². The molecule has 0 fully saturated rings. The summed E-state index contributed by atoms with van der Waals surface area (Å²) < 4.78 is 10.3. The molecule has 2 N–H and O–H groups in total. The Kier molecular flexibility index (Phi) is 8.10. The zero-order chi connectivity index (χ0) is 19.6. The first-order valence-electron chi connectivity index (χ1n) is 8.61. The van der Waals surface area contributed by atoms with Gasteiger partial charge in [-0.2, -0.15) is 0 Å². The second-order valence-corrected chi connectivity index (χ2v) is 6.15. The molecule has 144 valence electrons. The van der Waals surface area contributed by atoms with Crippen LogP contribution in [0.5, 0.6) is 5.75 Å². The van der Waals surface area contributed by atoms with Gasteiger partial charge in [-0.15, -0.1) is 0 Å². The average Bonchev–Trinajstić information content (AvgIpc) is 2.63. The van der Waals surface area contributed by atoms with Gasteiger partial charge in [-0.05, 0) is 42.8 Å². The van der Waals surface area contributed by atoms with Crippen molar-refractivity contribution in [1.29, 1.82) is 0 Å². The van der Waals surface area contributed by atoms with Gasteiger partial charge in [-0.1, -0.05) is 23.7 Å². The van der Waals surface area contributed by atoms with Gasteiger partial charge in [0, 0.05) is 19.3 Å². The van der Waals surface area contributed by atoms with E-state index in [9.17, 15) is 9.59 Å². The molecule has 0 saturated heterocycles. The normalized spacial score (nSPS) is 10.3. The number of halogens is 1. The van der Waals surface area contributed by atoms with E-state index in [0.29, 0.717) is 31.0 Å². The first-order valence-corrected chi connectivity index (χ1v) is 8.99. The summed E-state index contributed by atoms with van der Waals surface area (Å²) in [6.07, 6.45) is 0.225. The predicted molar refractivity (Wildman–Crippen MR) is 106 cm³/mol. The Morgan fingerprint density at radius 3 is 2.48 bits per heavy atom. The van der Waals surface area contributed by atoms with Crippen molar-refractivity contribution in [1.82, 2.24) is 5.32 Å². The van der Waals surface area contributed by atoms with Crippen LogP contribution in [0.1, 0.15) is 22.8 Å². The van der Waals surface area contributed by atoms with Crippen molar-refractivity contribution >= 4 is 29.1 Å². The molecule has 0 spiro atoms.